The average Bonchev–Trinajstić information content (AvgIpc) is 2.37. The van der Waals surface area contributed by atoms with Crippen LogP contribution in [0.4, 0.5) is 0 Å². The van der Waals surface area contributed by atoms with Crippen molar-refractivity contribution in [3.05, 3.63) is 0 Å². The predicted molar refractivity (Wildman–Crippen MR) is 45.5 cm³/mol. The van der Waals surface area contributed by atoms with Gasteiger partial charge in [-0.25, -0.2) is 0 Å². The quantitative estimate of drug-likeness (QED) is 0.588. The standard InChI is InChI=1S/C8H18N2O/c1-11-6-2-4-10-5-3-8(9)7-10/h8H,2-7,9H2,1H3/t8-/m0/s1. The van der Waals surface area contributed by atoms with Gasteiger partial charge in [-0.15, -0.1) is 0 Å². The molecule has 2 N–H and O–H groups in total. The molecule has 0 bridgehead atoms. The minimum Gasteiger partial charge on any atom is -0.385 e. The zero-order valence-electron chi connectivity index (χ0n) is 7.25. The van der Waals surface area contributed by atoms with Crippen LogP contribution in [0.5, 0.6) is 0 Å². The van der Waals surface area contributed by atoms with Crippen LogP contribution in [0.15, 0.2) is 0 Å². The number of nitrogens with zero attached hydrogens (tertiary/aromatic N) is 1. The van der Waals surface area contributed by atoms with E-state index in [0.29, 0.717) is 6.04 Å². The summed E-state index contributed by atoms with van der Waals surface area (Å²) in [6.07, 6.45) is 2.29. The largest absolute Gasteiger partial charge is 0.385 e. The van der Waals surface area contributed by atoms with E-state index in [1.807, 2.05) is 0 Å². The smallest absolute Gasteiger partial charge is 0.0474 e. The number of rotatable bonds is 4. The second-order valence-corrected chi connectivity index (χ2v) is 3.20. The van der Waals surface area contributed by atoms with Crippen molar-refractivity contribution in [1.82, 2.24) is 4.90 Å². The summed E-state index contributed by atoms with van der Waals surface area (Å²) < 4.78 is 4.97. The Morgan fingerprint density at radius 2 is 2.45 bits per heavy atom. The average molecular weight is 158 g/mol. The molecule has 3 nitrogen and oxygen atoms in total. The summed E-state index contributed by atoms with van der Waals surface area (Å²) in [6, 6.07) is 0.414. The molecule has 1 rings (SSSR count). The number of likely N-dealkylation sites (tertiary alicyclic amines) is 1. The van der Waals surface area contributed by atoms with Gasteiger partial charge in [0.25, 0.3) is 0 Å². The molecule has 0 aromatic carbocycles. The molecule has 66 valence electrons. The number of hydrogen-bond acceptors (Lipinski definition) is 3. The first kappa shape index (κ1) is 8.97. The van der Waals surface area contributed by atoms with E-state index in [1.54, 1.807) is 7.11 Å². The van der Waals surface area contributed by atoms with Gasteiger partial charge in [0, 0.05) is 32.8 Å². The minimum absolute atomic E-state index is 0.414. The van der Waals surface area contributed by atoms with Crippen LogP contribution in [0.3, 0.4) is 0 Å². The molecule has 1 heterocycles. The van der Waals surface area contributed by atoms with Crippen molar-refractivity contribution in [2.24, 2.45) is 5.73 Å². The Morgan fingerprint density at radius 3 is 3.00 bits per heavy atom. The number of hydrogen-bond donors (Lipinski definition) is 1. The van der Waals surface area contributed by atoms with Crippen molar-refractivity contribution < 1.29 is 4.74 Å². The number of nitrogens with two attached hydrogens (primary N) is 1. The summed E-state index contributed by atoms with van der Waals surface area (Å²) in [4.78, 5) is 2.41. The van der Waals surface area contributed by atoms with Gasteiger partial charge in [-0.3, -0.25) is 0 Å². The van der Waals surface area contributed by atoms with Crippen LogP contribution in [0.1, 0.15) is 12.8 Å². The Balaban J connectivity index is 1.99. The monoisotopic (exact) mass is 158 g/mol. The first-order valence-corrected chi connectivity index (χ1v) is 4.30. The number of ether oxygens (including phenoxy) is 1. The summed E-state index contributed by atoms with van der Waals surface area (Å²) in [6.45, 7) is 4.25. The van der Waals surface area contributed by atoms with Crippen LogP contribution in [-0.2, 0) is 4.74 Å². The van der Waals surface area contributed by atoms with Crippen LogP contribution in [-0.4, -0.2) is 44.3 Å². The van der Waals surface area contributed by atoms with Crippen molar-refractivity contribution in [2.45, 2.75) is 18.9 Å². The highest BCUT2D eigenvalue weighted by atomic mass is 16.5. The minimum atomic E-state index is 0.414. The summed E-state index contributed by atoms with van der Waals surface area (Å²) in [5.74, 6) is 0. The van der Waals surface area contributed by atoms with Gasteiger partial charge in [0.1, 0.15) is 0 Å². The van der Waals surface area contributed by atoms with E-state index < -0.39 is 0 Å². The highest BCUT2D eigenvalue weighted by Gasteiger charge is 2.17. The topological polar surface area (TPSA) is 38.5 Å². The molecule has 0 amide bonds. The van der Waals surface area contributed by atoms with Crippen LogP contribution in [0.25, 0.3) is 0 Å². The molecule has 0 radical (unpaired) electrons. The van der Waals surface area contributed by atoms with E-state index >= 15 is 0 Å². The third kappa shape index (κ3) is 3.18. The van der Waals surface area contributed by atoms with Crippen LogP contribution in [0, 0.1) is 0 Å². The molecule has 1 fully saturated rings. The molecule has 3 heteroatoms. The second kappa shape index (κ2) is 4.70. The van der Waals surface area contributed by atoms with Crippen LogP contribution >= 0.6 is 0 Å². The zero-order chi connectivity index (χ0) is 8.10. The molecule has 1 atom stereocenters. The first-order valence-electron chi connectivity index (χ1n) is 4.30. The first-order chi connectivity index (χ1) is 5.33. The third-order valence-corrected chi connectivity index (χ3v) is 2.13. The lowest BCUT2D eigenvalue weighted by molar-refractivity contribution is 0.179. The third-order valence-electron chi connectivity index (χ3n) is 2.13. The van der Waals surface area contributed by atoms with Crippen molar-refractivity contribution in [2.75, 3.05) is 33.4 Å². The molecule has 0 spiro atoms. The normalized spacial score (nSPS) is 26.2. The van der Waals surface area contributed by atoms with Gasteiger partial charge in [-0.1, -0.05) is 0 Å². The van der Waals surface area contributed by atoms with E-state index in [4.69, 9.17) is 10.5 Å². The summed E-state index contributed by atoms with van der Waals surface area (Å²) in [7, 11) is 1.75. The van der Waals surface area contributed by atoms with E-state index in [0.717, 1.165) is 32.5 Å². The molecule has 0 aromatic rings. The fourth-order valence-electron chi connectivity index (χ4n) is 1.50. The number of methoxy groups -OCH3 is 1. The van der Waals surface area contributed by atoms with Crippen molar-refractivity contribution in [3.63, 3.8) is 0 Å². The van der Waals surface area contributed by atoms with E-state index in [-0.39, 0.29) is 0 Å². The van der Waals surface area contributed by atoms with Gasteiger partial charge in [0.15, 0.2) is 0 Å². The molecule has 0 saturated carbocycles. The molecule has 1 aliphatic rings. The predicted octanol–water partition coefficient (Wildman–Crippen LogP) is 0.0559. The summed E-state index contributed by atoms with van der Waals surface area (Å²) in [5, 5.41) is 0. The highest BCUT2D eigenvalue weighted by Crippen LogP contribution is 2.06. The molecular formula is C8H18N2O. The molecule has 0 aliphatic carbocycles. The van der Waals surface area contributed by atoms with E-state index in [9.17, 15) is 0 Å². The maximum atomic E-state index is 5.76. The summed E-state index contributed by atoms with van der Waals surface area (Å²) in [5.41, 5.74) is 5.76. The van der Waals surface area contributed by atoms with Crippen LogP contribution in [0.2, 0.25) is 0 Å². The van der Waals surface area contributed by atoms with Gasteiger partial charge in [0.05, 0.1) is 0 Å². The molecule has 1 aliphatic heterocycles. The van der Waals surface area contributed by atoms with Crippen LogP contribution < -0.4 is 5.73 Å². The van der Waals surface area contributed by atoms with E-state index in [2.05, 4.69) is 4.90 Å². The van der Waals surface area contributed by atoms with Gasteiger partial charge in [-0.05, 0) is 19.4 Å². The van der Waals surface area contributed by atoms with Crippen molar-refractivity contribution in [1.29, 1.82) is 0 Å². The Kier molecular flexibility index (Phi) is 3.83. The Labute approximate surface area is 68.5 Å². The molecule has 0 unspecified atom stereocenters. The van der Waals surface area contributed by atoms with Crippen molar-refractivity contribution in [3.8, 4) is 0 Å². The fourth-order valence-corrected chi connectivity index (χ4v) is 1.50. The fraction of sp³-hybridized carbons (Fsp3) is 1.00. The second-order valence-electron chi connectivity index (χ2n) is 3.20. The van der Waals surface area contributed by atoms with Gasteiger partial charge >= 0.3 is 0 Å². The maximum absolute atomic E-state index is 5.76. The molecule has 0 aromatic heterocycles. The lowest BCUT2D eigenvalue weighted by atomic mass is 10.3. The Morgan fingerprint density at radius 1 is 1.64 bits per heavy atom. The molecular weight excluding hydrogens is 140 g/mol. The van der Waals surface area contributed by atoms with E-state index in [1.165, 1.54) is 6.54 Å². The highest BCUT2D eigenvalue weighted by molar-refractivity contribution is 4.77. The molecule has 11 heavy (non-hydrogen) atoms. The van der Waals surface area contributed by atoms with Gasteiger partial charge in [-0.2, -0.15) is 0 Å². The molecule has 1 saturated heterocycles. The van der Waals surface area contributed by atoms with Gasteiger partial charge < -0.3 is 15.4 Å². The maximum Gasteiger partial charge on any atom is 0.0474 e. The summed E-state index contributed by atoms with van der Waals surface area (Å²) >= 11 is 0. The lowest BCUT2D eigenvalue weighted by Gasteiger charge is -2.13. The lowest BCUT2D eigenvalue weighted by Crippen LogP contribution is -2.27. The Bertz CT molecular complexity index is 108. The van der Waals surface area contributed by atoms with Gasteiger partial charge in [0.2, 0.25) is 0 Å². The Hall–Kier alpha value is -0.120. The SMILES string of the molecule is COCCCN1CC[C@H](N)C1. The zero-order valence-corrected chi connectivity index (χ0v) is 7.25. The van der Waals surface area contributed by atoms with Crippen molar-refractivity contribution >= 4 is 0 Å².